The Morgan fingerprint density at radius 3 is 2.65 bits per heavy atom. The molecule has 2 atom stereocenters. The van der Waals surface area contributed by atoms with Gasteiger partial charge in [-0.3, -0.25) is 4.90 Å². The zero-order valence-corrected chi connectivity index (χ0v) is 19.2. The fourth-order valence-corrected chi connectivity index (χ4v) is 6.19. The van der Waals surface area contributed by atoms with Gasteiger partial charge in [0.15, 0.2) is 0 Å². The van der Waals surface area contributed by atoms with Gasteiger partial charge < -0.3 is 4.74 Å². The predicted molar refractivity (Wildman–Crippen MR) is 130 cm³/mol. The van der Waals surface area contributed by atoms with Gasteiger partial charge in [0.25, 0.3) is 0 Å². The number of hydrogen-bond donors (Lipinski definition) is 0. The molecule has 2 aromatic carbocycles. The molecule has 0 bridgehead atoms. The summed E-state index contributed by atoms with van der Waals surface area (Å²) in [5, 5.41) is 3.39. The maximum atomic E-state index is 5.58. The number of hydrogen-bond acceptors (Lipinski definition) is 4. The Kier molecular flexibility index (Phi) is 6.37. The van der Waals surface area contributed by atoms with Crippen LogP contribution in [0.4, 0.5) is 0 Å². The topological polar surface area (TPSA) is 25.4 Å². The quantitative estimate of drug-likeness (QED) is 0.418. The number of thiazole rings is 1. The molecule has 0 N–H and O–H groups in total. The summed E-state index contributed by atoms with van der Waals surface area (Å²) in [6, 6.07) is 17.9. The summed E-state index contributed by atoms with van der Waals surface area (Å²) in [5.74, 6) is 1.84. The van der Waals surface area contributed by atoms with Crippen molar-refractivity contribution in [3.8, 4) is 27.4 Å². The van der Waals surface area contributed by atoms with E-state index in [4.69, 9.17) is 9.72 Å². The lowest BCUT2D eigenvalue weighted by Gasteiger charge is -2.44. The molecular formula is C27H32N2OS. The highest BCUT2D eigenvalue weighted by Gasteiger charge is 2.33. The number of benzene rings is 2. The van der Waals surface area contributed by atoms with E-state index in [0.29, 0.717) is 6.61 Å². The van der Waals surface area contributed by atoms with Crippen LogP contribution in [0.5, 0.6) is 5.75 Å². The van der Waals surface area contributed by atoms with Gasteiger partial charge >= 0.3 is 0 Å². The van der Waals surface area contributed by atoms with Crippen LogP contribution in [0.1, 0.15) is 51.1 Å². The van der Waals surface area contributed by atoms with E-state index in [9.17, 15) is 0 Å². The lowest BCUT2D eigenvalue weighted by Crippen LogP contribution is -2.46. The second kappa shape index (κ2) is 9.54. The number of fused-ring (bicyclic) bond motifs is 1. The first-order valence-corrected chi connectivity index (χ1v) is 12.7. The smallest absolute Gasteiger partial charge is 0.123 e. The molecule has 3 nitrogen and oxygen atoms in total. The maximum absolute atomic E-state index is 5.58. The van der Waals surface area contributed by atoms with Crippen LogP contribution in [0.15, 0.2) is 53.9 Å². The first kappa shape index (κ1) is 20.7. The van der Waals surface area contributed by atoms with E-state index in [1.54, 1.807) is 11.3 Å². The molecule has 1 aliphatic carbocycles. The van der Waals surface area contributed by atoms with Crippen molar-refractivity contribution in [2.24, 2.45) is 5.92 Å². The largest absolute Gasteiger partial charge is 0.494 e. The third-order valence-corrected chi connectivity index (χ3v) is 7.82. The van der Waals surface area contributed by atoms with Gasteiger partial charge in [-0.15, -0.1) is 11.3 Å². The molecule has 3 aromatic rings. The van der Waals surface area contributed by atoms with Gasteiger partial charge in [-0.1, -0.05) is 43.2 Å². The lowest BCUT2D eigenvalue weighted by molar-refractivity contribution is 0.0539. The molecule has 1 aliphatic heterocycles. The molecule has 0 amide bonds. The molecule has 162 valence electrons. The van der Waals surface area contributed by atoms with Crippen LogP contribution in [0, 0.1) is 5.92 Å². The Balaban J connectivity index is 1.31. The van der Waals surface area contributed by atoms with Crippen molar-refractivity contribution in [2.75, 3.05) is 13.2 Å². The zero-order valence-electron chi connectivity index (χ0n) is 18.4. The molecule has 1 saturated carbocycles. The zero-order chi connectivity index (χ0) is 21.0. The van der Waals surface area contributed by atoms with Gasteiger partial charge in [-0.2, -0.15) is 0 Å². The van der Waals surface area contributed by atoms with Gasteiger partial charge in [-0.25, -0.2) is 4.98 Å². The number of ether oxygens (including phenoxy) is 1. The highest BCUT2D eigenvalue weighted by molar-refractivity contribution is 7.13. The SMILES string of the molecule is CCOc1ccc(-c2cccc(-c3nc(CN4CCCC5CCCCC54)cs3)c2)cc1. The van der Waals surface area contributed by atoms with Crippen LogP contribution in [0.25, 0.3) is 21.7 Å². The summed E-state index contributed by atoms with van der Waals surface area (Å²) in [4.78, 5) is 7.77. The van der Waals surface area contributed by atoms with Crippen LogP contribution in [0.2, 0.25) is 0 Å². The highest BCUT2D eigenvalue weighted by Crippen LogP contribution is 2.36. The first-order valence-electron chi connectivity index (χ1n) is 11.8. The van der Waals surface area contributed by atoms with E-state index < -0.39 is 0 Å². The van der Waals surface area contributed by atoms with Gasteiger partial charge in [0.1, 0.15) is 10.8 Å². The van der Waals surface area contributed by atoms with Crippen LogP contribution in [0.3, 0.4) is 0 Å². The number of likely N-dealkylation sites (tertiary alicyclic amines) is 1. The van der Waals surface area contributed by atoms with Gasteiger partial charge in [-0.05, 0) is 74.4 Å². The molecule has 2 heterocycles. The maximum Gasteiger partial charge on any atom is 0.123 e. The third kappa shape index (κ3) is 4.70. The molecule has 2 aliphatic rings. The van der Waals surface area contributed by atoms with Crippen LogP contribution < -0.4 is 4.74 Å². The molecular weight excluding hydrogens is 400 g/mol. The van der Waals surface area contributed by atoms with Crippen LogP contribution in [-0.4, -0.2) is 29.1 Å². The number of piperidine rings is 1. The molecule has 5 rings (SSSR count). The van der Waals surface area contributed by atoms with Crippen molar-refractivity contribution in [3.05, 3.63) is 59.6 Å². The van der Waals surface area contributed by atoms with Crippen molar-refractivity contribution in [2.45, 2.75) is 58.0 Å². The van der Waals surface area contributed by atoms with E-state index >= 15 is 0 Å². The van der Waals surface area contributed by atoms with Crippen LogP contribution >= 0.6 is 11.3 Å². The van der Waals surface area contributed by atoms with Gasteiger partial charge in [0.05, 0.1) is 12.3 Å². The Morgan fingerprint density at radius 1 is 0.968 bits per heavy atom. The van der Waals surface area contributed by atoms with E-state index in [2.05, 4.69) is 46.7 Å². The fraction of sp³-hybridized carbons (Fsp3) is 0.444. The average Bonchev–Trinajstić information content (AvgIpc) is 3.29. The summed E-state index contributed by atoms with van der Waals surface area (Å²) in [6.07, 6.45) is 8.43. The van der Waals surface area contributed by atoms with Crippen molar-refractivity contribution in [3.63, 3.8) is 0 Å². The minimum absolute atomic E-state index is 0.694. The summed E-state index contributed by atoms with van der Waals surface area (Å²) in [7, 11) is 0. The Bertz CT molecular complexity index is 994. The predicted octanol–water partition coefficient (Wildman–Crippen LogP) is 7.03. The van der Waals surface area contributed by atoms with Gasteiger partial charge in [0.2, 0.25) is 0 Å². The monoisotopic (exact) mass is 432 g/mol. The average molecular weight is 433 g/mol. The van der Waals surface area contributed by atoms with E-state index in [1.807, 2.05) is 19.1 Å². The minimum atomic E-state index is 0.694. The van der Waals surface area contributed by atoms with E-state index in [0.717, 1.165) is 29.3 Å². The summed E-state index contributed by atoms with van der Waals surface area (Å²) >= 11 is 1.78. The molecule has 1 saturated heterocycles. The molecule has 2 fully saturated rings. The lowest BCUT2D eigenvalue weighted by atomic mass is 9.78. The molecule has 4 heteroatoms. The second-order valence-electron chi connectivity index (χ2n) is 8.91. The normalized spacial score (nSPS) is 21.6. The molecule has 2 unspecified atom stereocenters. The van der Waals surface area contributed by atoms with Gasteiger partial charge in [0, 0.05) is 23.5 Å². The van der Waals surface area contributed by atoms with E-state index in [-0.39, 0.29) is 0 Å². The fourth-order valence-electron chi connectivity index (χ4n) is 5.39. The standard InChI is InChI=1S/C27H32N2OS/c1-2-30-25-14-12-20(13-15-25)22-8-5-9-23(17-22)27-28-24(19-31-27)18-29-16-6-10-21-7-3-4-11-26(21)29/h5,8-9,12-15,17,19,21,26H,2-4,6-7,10-11,16,18H2,1H3. The first-order chi connectivity index (χ1) is 15.3. The number of aromatic nitrogens is 1. The van der Waals surface area contributed by atoms with Crippen molar-refractivity contribution >= 4 is 11.3 Å². The minimum Gasteiger partial charge on any atom is -0.494 e. The summed E-state index contributed by atoms with van der Waals surface area (Å²) in [6.45, 7) is 4.95. The van der Waals surface area contributed by atoms with Crippen molar-refractivity contribution in [1.29, 1.82) is 0 Å². The summed E-state index contributed by atoms with van der Waals surface area (Å²) in [5.41, 5.74) is 4.87. The molecule has 0 spiro atoms. The van der Waals surface area contributed by atoms with Crippen molar-refractivity contribution in [1.82, 2.24) is 9.88 Å². The second-order valence-corrected chi connectivity index (χ2v) is 9.76. The Hall–Kier alpha value is -2.17. The molecule has 31 heavy (non-hydrogen) atoms. The Labute approximate surface area is 190 Å². The highest BCUT2D eigenvalue weighted by atomic mass is 32.1. The number of rotatable bonds is 6. The molecule has 0 radical (unpaired) electrons. The van der Waals surface area contributed by atoms with E-state index in [1.165, 1.54) is 67.5 Å². The van der Waals surface area contributed by atoms with Crippen molar-refractivity contribution < 1.29 is 4.74 Å². The Morgan fingerprint density at radius 2 is 1.77 bits per heavy atom. The molecule has 1 aromatic heterocycles. The summed E-state index contributed by atoms with van der Waals surface area (Å²) < 4.78 is 5.58. The number of nitrogens with zero attached hydrogens (tertiary/aromatic N) is 2. The third-order valence-electron chi connectivity index (χ3n) is 6.88. The van der Waals surface area contributed by atoms with Crippen LogP contribution in [-0.2, 0) is 6.54 Å².